The number of para-hydroxylation sites is 1. The van der Waals surface area contributed by atoms with Crippen molar-refractivity contribution in [2.45, 2.75) is 31.7 Å². The molecule has 0 aliphatic rings. The molecule has 21 heavy (non-hydrogen) atoms. The standard InChI is InChI=1S/C15H15Cl2N3S/c1-3-11(15-18-7-8-21-15)20-12-6-4-5-10(17)13(12)19-14(20)9(2)16/h4-9,11H,3H2,1-2H3. The molecule has 3 rings (SSSR count). The average Bonchev–Trinajstić information content (AvgIpc) is 3.09. The van der Waals surface area contributed by atoms with Crippen LogP contribution in [0.25, 0.3) is 11.0 Å². The molecule has 1 aromatic carbocycles. The first kappa shape index (κ1) is 14.8. The molecule has 0 aliphatic heterocycles. The molecule has 3 aromatic rings. The van der Waals surface area contributed by atoms with Gasteiger partial charge in [0.25, 0.3) is 0 Å². The highest BCUT2D eigenvalue weighted by Gasteiger charge is 2.24. The molecule has 0 bridgehead atoms. The molecule has 0 fully saturated rings. The first-order chi connectivity index (χ1) is 10.1. The summed E-state index contributed by atoms with van der Waals surface area (Å²) in [5.41, 5.74) is 1.81. The van der Waals surface area contributed by atoms with Crippen LogP contribution in [0.5, 0.6) is 0 Å². The van der Waals surface area contributed by atoms with Crippen LogP contribution in [-0.2, 0) is 0 Å². The van der Waals surface area contributed by atoms with Crippen LogP contribution < -0.4 is 0 Å². The van der Waals surface area contributed by atoms with E-state index >= 15 is 0 Å². The number of benzene rings is 1. The number of nitrogens with zero attached hydrogens (tertiary/aromatic N) is 3. The Kier molecular flexibility index (Phi) is 4.20. The van der Waals surface area contributed by atoms with Gasteiger partial charge >= 0.3 is 0 Å². The predicted molar refractivity (Wildman–Crippen MR) is 89.6 cm³/mol. The van der Waals surface area contributed by atoms with Crippen LogP contribution >= 0.6 is 34.5 Å². The van der Waals surface area contributed by atoms with Gasteiger partial charge < -0.3 is 4.57 Å². The second kappa shape index (κ2) is 5.95. The van der Waals surface area contributed by atoms with Gasteiger partial charge in [-0.15, -0.1) is 22.9 Å². The summed E-state index contributed by atoms with van der Waals surface area (Å²) >= 11 is 14.3. The topological polar surface area (TPSA) is 30.7 Å². The summed E-state index contributed by atoms with van der Waals surface area (Å²) in [5.74, 6) is 0.835. The summed E-state index contributed by atoms with van der Waals surface area (Å²) in [4.78, 5) is 9.13. The number of hydrogen-bond donors (Lipinski definition) is 0. The number of hydrogen-bond acceptors (Lipinski definition) is 3. The lowest BCUT2D eigenvalue weighted by Crippen LogP contribution is -2.13. The molecule has 0 saturated carbocycles. The lowest BCUT2D eigenvalue weighted by molar-refractivity contribution is 0.552. The molecule has 2 atom stereocenters. The maximum Gasteiger partial charge on any atom is 0.128 e. The normalized spacial score (nSPS) is 14.5. The van der Waals surface area contributed by atoms with Crippen LogP contribution in [0.3, 0.4) is 0 Å². The SMILES string of the molecule is CCC(c1nccs1)n1c(C(C)Cl)nc2c(Cl)cccc21. The van der Waals surface area contributed by atoms with E-state index in [-0.39, 0.29) is 11.4 Å². The highest BCUT2D eigenvalue weighted by atomic mass is 35.5. The minimum atomic E-state index is -0.192. The Morgan fingerprint density at radius 1 is 1.38 bits per heavy atom. The van der Waals surface area contributed by atoms with Crippen LogP contribution in [-0.4, -0.2) is 14.5 Å². The minimum Gasteiger partial charge on any atom is -0.317 e. The zero-order valence-electron chi connectivity index (χ0n) is 11.8. The first-order valence-electron chi connectivity index (χ1n) is 6.83. The number of imidazole rings is 1. The molecular formula is C15H15Cl2N3S. The fraction of sp³-hybridized carbons (Fsp3) is 0.333. The lowest BCUT2D eigenvalue weighted by atomic mass is 10.2. The largest absolute Gasteiger partial charge is 0.317 e. The lowest BCUT2D eigenvalue weighted by Gasteiger charge is -2.19. The van der Waals surface area contributed by atoms with Crippen LogP contribution in [0.2, 0.25) is 5.02 Å². The number of fused-ring (bicyclic) bond motifs is 1. The summed E-state index contributed by atoms with van der Waals surface area (Å²) in [7, 11) is 0. The van der Waals surface area contributed by atoms with Gasteiger partial charge in [-0.2, -0.15) is 0 Å². The molecule has 0 saturated heterocycles. The molecule has 2 heterocycles. The third-order valence-electron chi connectivity index (χ3n) is 3.49. The van der Waals surface area contributed by atoms with Crippen LogP contribution in [0.15, 0.2) is 29.8 Å². The Balaban J connectivity index is 2.29. The molecule has 3 nitrogen and oxygen atoms in total. The van der Waals surface area contributed by atoms with E-state index < -0.39 is 0 Å². The third-order valence-corrected chi connectivity index (χ3v) is 4.87. The Morgan fingerprint density at radius 2 is 2.19 bits per heavy atom. The first-order valence-corrected chi connectivity index (χ1v) is 8.52. The fourth-order valence-corrected chi connectivity index (χ4v) is 3.75. The van der Waals surface area contributed by atoms with Gasteiger partial charge in [0.2, 0.25) is 0 Å². The highest BCUT2D eigenvalue weighted by Crippen LogP contribution is 2.35. The van der Waals surface area contributed by atoms with Crippen molar-refractivity contribution in [3.63, 3.8) is 0 Å². The van der Waals surface area contributed by atoms with Crippen molar-refractivity contribution in [1.29, 1.82) is 0 Å². The van der Waals surface area contributed by atoms with E-state index in [2.05, 4.69) is 21.5 Å². The molecule has 0 spiro atoms. The fourth-order valence-electron chi connectivity index (χ4n) is 2.58. The summed E-state index contributed by atoms with van der Waals surface area (Å²) in [6.07, 6.45) is 2.75. The van der Waals surface area contributed by atoms with E-state index in [9.17, 15) is 0 Å². The van der Waals surface area contributed by atoms with Gasteiger partial charge in [-0.05, 0) is 25.5 Å². The van der Waals surface area contributed by atoms with Gasteiger partial charge in [0.05, 0.1) is 22.0 Å². The monoisotopic (exact) mass is 339 g/mol. The van der Waals surface area contributed by atoms with Crippen molar-refractivity contribution >= 4 is 45.6 Å². The zero-order chi connectivity index (χ0) is 15.0. The molecule has 0 radical (unpaired) electrons. The number of aromatic nitrogens is 3. The van der Waals surface area contributed by atoms with E-state index in [0.717, 1.165) is 28.3 Å². The maximum absolute atomic E-state index is 6.35. The van der Waals surface area contributed by atoms with Crippen molar-refractivity contribution in [2.24, 2.45) is 0 Å². The summed E-state index contributed by atoms with van der Waals surface area (Å²) < 4.78 is 2.18. The predicted octanol–water partition coefficient (Wildman–Crippen LogP) is 5.45. The van der Waals surface area contributed by atoms with E-state index in [0.29, 0.717) is 5.02 Å². The van der Waals surface area contributed by atoms with E-state index in [1.807, 2.05) is 36.7 Å². The molecule has 2 unspecified atom stereocenters. The maximum atomic E-state index is 6.35. The van der Waals surface area contributed by atoms with Crippen molar-refractivity contribution in [3.8, 4) is 0 Å². The number of halogens is 2. The van der Waals surface area contributed by atoms with Crippen molar-refractivity contribution < 1.29 is 0 Å². The van der Waals surface area contributed by atoms with Gasteiger partial charge in [0.1, 0.15) is 16.3 Å². The molecule has 0 amide bonds. The number of alkyl halides is 1. The smallest absolute Gasteiger partial charge is 0.128 e. The Bertz CT molecular complexity index is 750. The second-order valence-electron chi connectivity index (χ2n) is 4.86. The summed E-state index contributed by atoms with van der Waals surface area (Å²) in [6, 6.07) is 5.96. The van der Waals surface area contributed by atoms with Gasteiger partial charge in [-0.1, -0.05) is 24.6 Å². The van der Waals surface area contributed by atoms with Gasteiger partial charge in [0.15, 0.2) is 0 Å². The van der Waals surface area contributed by atoms with Gasteiger partial charge in [0, 0.05) is 11.6 Å². The average molecular weight is 340 g/mol. The van der Waals surface area contributed by atoms with E-state index in [1.165, 1.54) is 0 Å². The molecule has 110 valence electrons. The Morgan fingerprint density at radius 3 is 2.81 bits per heavy atom. The molecular weight excluding hydrogens is 325 g/mol. The zero-order valence-corrected chi connectivity index (χ0v) is 14.1. The molecule has 2 aromatic heterocycles. The minimum absolute atomic E-state index is 0.129. The van der Waals surface area contributed by atoms with Crippen LogP contribution in [0.1, 0.15) is 42.5 Å². The number of thiazole rings is 1. The van der Waals surface area contributed by atoms with Crippen molar-refractivity contribution in [3.05, 3.63) is 45.6 Å². The molecule has 6 heteroatoms. The Labute approximate surface area is 137 Å². The second-order valence-corrected chi connectivity index (χ2v) is 6.85. The van der Waals surface area contributed by atoms with Gasteiger partial charge in [-0.25, -0.2) is 9.97 Å². The number of rotatable bonds is 4. The highest BCUT2D eigenvalue weighted by molar-refractivity contribution is 7.09. The Hall–Kier alpha value is -1.10. The van der Waals surface area contributed by atoms with Crippen LogP contribution in [0, 0.1) is 0 Å². The van der Waals surface area contributed by atoms with Crippen molar-refractivity contribution in [2.75, 3.05) is 0 Å². The molecule has 0 aliphatic carbocycles. The quantitative estimate of drug-likeness (QED) is 0.592. The van der Waals surface area contributed by atoms with E-state index in [4.69, 9.17) is 23.2 Å². The van der Waals surface area contributed by atoms with Crippen LogP contribution in [0.4, 0.5) is 0 Å². The summed E-state index contributed by atoms with van der Waals surface area (Å²) in [6.45, 7) is 4.08. The van der Waals surface area contributed by atoms with E-state index in [1.54, 1.807) is 11.3 Å². The third kappa shape index (κ3) is 2.56. The summed E-state index contributed by atoms with van der Waals surface area (Å²) in [5, 5.41) is 3.52. The molecule has 0 N–H and O–H groups in total. The van der Waals surface area contributed by atoms with Crippen molar-refractivity contribution in [1.82, 2.24) is 14.5 Å². The van der Waals surface area contributed by atoms with Gasteiger partial charge in [-0.3, -0.25) is 0 Å².